The van der Waals surface area contributed by atoms with Crippen molar-refractivity contribution in [2.45, 2.75) is 28.7 Å². The van der Waals surface area contributed by atoms with Crippen molar-refractivity contribution in [3.63, 3.8) is 0 Å². The molecule has 4 nitrogen and oxygen atoms in total. The van der Waals surface area contributed by atoms with E-state index in [4.69, 9.17) is 0 Å². The minimum absolute atomic E-state index is 0.0757. The Kier molecular flexibility index (Phi) is 6.85. The van der Waals surface area contributed by atoms with E-state index in [1.807, 2.05) is 42.5 Å². The molecule has 0 bridgehead atoms. The van der Waals surface area contributed by atoms with Crippen molar-refractivity contribution >= 4 is 29.0 Å². The predicted molar refractivity (Wildman–Crippen MR) is 122 cm³/mol. The Morgan fingerprint density at radius 1 is 1.07 bits per heavy atom. The smallest absolute Gasteiger partial charge is 0.252 e. The first kappa shape index (κ1) is 20.7. The number of hydrogen-bond acceptors (Lipinski definition) is 5. The first-order valence-corrected chi connectivity index (χ1v) is 11.8. The summed E-state index contributed by atoms with van der Waals surface area (Å²) in [5.41, 5.74) is 1.26. The molecule has 0 radical (unpaired) electrons. The SMILES string of the molecule is N#Cc1ccccc1Sc1ccccc1C(=O)NC[C@H](c1cccs1)N1CCCC1. The van der Waals surface area contributed by atoms with Gasteiger partial charge in [-0.2, -0.15) is 5.26 Å². The molecule has 1 saturated heterocycles. The molecule has 1 atom stereocenters. The van der Waals surface area contributed by atoms with Crippen LogP contribution in [0, 0.1) is 11.3 Å². The van der Waals surface area contributed by atoms with Crippen molar-refractivity contribution in [3.05, 3.63) is 82.0 Å². The fraction of sp³-hybridized carbons (Fsp3) is 0.250. The molecular formula is C24H23N3OS2. The quantitative estimate of drug-likeness (QED) is 0.547. The molecule has 30 heavy (non-hydrogen) atoms. The molecule has 4 rings (SSSR count). The van der Waals surface area contributed by atoms with E-state index in [1.165, 1.54) is 29.5 Å². The van der Waals surface area contributed by atoms with Crippen molar-refractivity contribution in [2.24, 2.45) is 0 Å². The number of rotatable bonds is 7. The number of hydrogen-bond donors (Lipinski definition) is 1. The number of likely N-dealkylation sites (tertiary alicyclic amines) is 1. The van der Waals surface area contributed by atoms with Crippen molar-refractivity contribution < 1.29 is 4.79 Å². The van der Waals surface area contributed by atoms with Gasteiger partial charge in [0.2, 0.25) is 0 Å². The van der Waals surface area contributed by atoms with Crippen molar-refractivity contribution in [1.29, 1.82) is 5.26 Å². The molecule has 1 fully saturated rings. The highest BCUT2D eigenvalue weighted by Gasteiger charge is 2.25. The molecule has 2 heterocycles. The van der Waals surface area contributed by atoms with Crippen molar-refractivity contribution in [1.82, 2.24) is 10.2 Å². The van der Waals surface area contributed by atoms with Crippen LogP contribution >= 0.6 is 23.1 Å². The number of benzene rings is 2. The van der Waals surface area contributed by atoms with E-state index in [1.54, 1.807) is 17.4 Å². The third-order valence-electron chi connectivity index (χ3n) is 5.27. The average molecular weight is 434 g/mol. The second kappa shape index (κ2) is 9.94. The maximum atomic E-state index is 13.1. The van der Waals surface area contributed by atoms with Crippen LogP contribution in [0.1, 0.15) is 39.7 Å². The van der Waals surface area contributed by atoms with Crippen LogP contribution in [-0.4, -0.2) is 30.4 Å². The Hall–Kier alpha value is -2.59. The normalized spacial score (nSPS) is 14.9. The number of carbonyl (C=O) groups is 1. The van der Waals surface area contributed by atoms with Crippen LogP contribution in [0.3, 0.4) is 0 Å². The lowest BCUT2D eigenvalue weighted by Crippen LogP contribution is -2.36. The highest BCUT2D eigenvalue weighted by molar-refractivity contribution is 7.99. The van der Waals surface area contributed by atoms with Gasteiger partial charge < -0.3 is 5.32 Å². The maximum absolute atomic E-state index is 13.1. The van der Waals surface area contributed by atoms with E-state index in [0.717, 1.165) is 22.9 Å². The fourth-order valence-corrected chi connectivity index (χ4v) is 5.62. The van der Waals surface area contributed by atoms with Crippen LogP contribution < -0.4 is 5.32 Å². The van der Waals surface area contributed by atoms with E-state index < -0.39 is 0 Å². The van der Waals surface area contributed by atoms with Gasteiger partial charge in [-0.15, -0.1) is 11.3 Å². The van der Waals surface area contributed by atoms with Gasteiger partial charge in [-0.05, 0) is 61.6 Å². The first-order valence-electron chi connectivity index (χ1n) is 10.1. The van der Waals surface area contributed by atoms with Gasteiger partial charge in [-0.1, -0.05) is 42.1 Å². The molecule has 1 N–H and O–H groups in total. The van der Waals surface area contributed by atoms with Gasteiger partial charge in [-0.3, -0.25) is 9.69 Å². The zero-order valence-electron chi connectivity index (χ0n) is 16.6. The highest BCUT2D eigenvalue weighted by atomic mass is 32.2. The predicted octanol–water partition coefficient (Wildman–Crippen LogP) is 5.34. The Morgan fingerprint density at radius 2 is 1.80 bits per heavy atom. The molecule has 2 aromatic carbocycles. The molecule has 0 spiro atoms. The van der Waals surface area contributed by atoms with Gasteiger partial charge in [0.05, 0.1) is 17.2 Å². The summed E-state index contributed by atoms with van der Waals surface area (Å²) in [5, 5.41) is 14.6. The van der Waals surface area contributed by atoms with E-state index in [9.17, 15) is 10.1 Å². The second-order valence-electron chi connectivity index (χ2n) is 7.19. The van der Waals surface area contributed by atoms with E-state index in [2.05, 4.69) is 33.8 Å². The number of carbonyl (C=O) groups excluding carboxylic acids is 1. The summed E-state index contributed by atoms with van der Waals surface area (Å²) in [6, 6.07) is 21.7. The summed E-state index contributed by atoms with van der Waals surface area (Å²) in [4.78, 5) is 18.6. The molecule has 1 aliphatic heterocycles. The number of amides is 1. The topological polar surface area (TPSA) is 56.1 Å². The molecule has 3 aromatic rings. The van der Waals surface area contributed by atoms with Crippen LogP contribution in [0.25, 0.3) is 0 Å². The Bertz CT molecular complexity index is 1040. The average Bonchev–Trinajstić information content (AvgIpc) is 3.50. The number of nitrogens with zero attached hydrogens (tertiary/aromatic N) is 2. The highest BCUT2D eigenvalue weighted by Crippen LogP contribution is 2.33. The molecule has 1 amide bonds. The number of nitrogens with one attached hydrogen (secondary N) is 1. The lowest BCUT2D eigenvalue weighted by Gasteiger charge is -2.27. The zero-order valence-corrected chi connectivity index (χ0v) is 18.2. The Morgan fingerprint density at radius 3 is 2.53 bits per heavy atom. The summed E-state index contributed by atoms with van der Waals surface area (Å²) >= 11 is 3.21. The summed E-state index contributed by atoms with van der Waals surface area (Å²) in [5.74, 6) is -0.0757. The summed E-state index contributed by atoms with van der Waals surface area (Å²) in [6.07, 6.45) is 2.43. The molecule has 0 saturated carbocycles. The minimum atomic E-state index is -0.0757. The third-order valence-corrected chi connectivity index (χ3v) is 7.39. The molecule has 1 aromatic heterocycles. The summed E-state index contributed by atoms with van der Waals surface area (Å²) in [6.45, 7) is 2.75. The van der Waals surface area contributed by atoms with Gasteiger partial charge in [0.15, 0.2) is 0 Å². The van der Waals surface area contributed by atoms with E-state index in [0.29, 0.717) is 17.7 Å². The number of thiophene rings is 1. The standard InChI is InChI=1S/C24H23N3OS2/c25-16-18-8-1-3-10-21(18)30-22-11-4-2-9-19(22)24(28)26-17-20(23-12-7-15-29-23)27-13-5-6-14-27/h1-4,7-12,15,20H,5-6,13-14,17H2,(H,26,28)/t20-/m1/s1. The largest absolute Gasteiger partial charge is 0.350 e. The second-order valence-corrected chi connectivity index (χ2v) is 9.25. The zero-order chi connectivity index (χ0) is 20.8. The Labute approximate surface area is 185 Å². The van der Waals surface area contributed by atoms with Crippen LogP contribution in [0.5, 0.6) is 0 Å². The van der Waals surface area contributed by atoms with Crippen LogP contribution in [0.4, 0.5) is 0 Å². The lowest BCUT2D eigenvalue weighted by molar-refractivity contribution is 0.0935. The monoisotopic (exact) mass is 433 g/mol. The lowest BCUT2D eigenvalue weighted by atomic mass is 10.1. The third kappa shape index (κ3) is 4.76. The van der Waals surface area contributed by atoms with Crippen LogP contribution in [-0.2, 0) is 0 Å². The maximum Gasteiger partial charge on any atom is 0.252 e. The molecule has 0 aliphatic carbocycles. The van der Waals surface area contributed by atoms with Gasteiger partial charge in [0.25, 0.3) is 5.91 Å². The van der Waals surface area contributed by atoms with E-state index >= 15 is 0 Å². The molecule has 0 unspecified atom stereocenters. The van der Waals surface area contributed by atoms with Gasteiger partial charge >= 0.3 is 0 Å². The first-order chi connectivity index (χ1) is 14.8. The van der Waals surface area contributed by atoms with Gasteiger partial charge in [-0.25, -0.2) is 0 Å². The van der Waals surface area contributed by atoms with Gasteiger partial charge in [0, 0.05) is 21.2 Å². The summed E-state index contributed by atoms with van der Waals surface area (Å²) < 4.78 is 0. The summed E-state index contributed by atoms with van der Waals surface area (Å²) in [7, 11) is 0. The Balaban J connectivity index is 1.50. The molecule has 152 valence electrons. The fourth-order valence-electron chi connectivity index (χ4n) is 3.74. The number of nitriles is 1. The van der Waals surface area contributed by atoms with Crippen molar-refractivity contribution in [3.8, 4) is 6.07 Å². The molecule has 1 aliphatic rings. The van der Waals surface area contributed by atoms with Gasteiger partial charge in [0.1, 0.15) is 6.07 Å². The van der Waals surface area contributed by atoms with Crippen LogP contribution in [0.2, 0.25) is 0 Å². The molecular weight excluding hydrogens is 410 g/mol. The molecule has 6 heteroatoms. The minimum Gasteiger partial charge on any atom is -0.350 e. The van der Waals surface area contributed by atoms with Crippen molar-refractivity contribution in [2.75, 3.05) is 19.6 Å². The van der Waals surface area contributed by atoms with Crippen LogP contribution in [0.15, 0.2) is 75.8 Å². The van der Waals surface area contributed by atoms with E-state index in [-0.39, 0.29) is 11.9 Å².